The normalized spacial score (nSPS) is 13.1. The summed E-state index contributed by atoms with van der Waals surface area (Å²) in [5, 5.41) is 6.77. The van der Waals surface area contributed by atoms with Crippen molar-refractivity contribution in [3.8, 4) is 22.8 Å². The standard InChI is InChI=1S/C21H17F3N2O4/c1-28-18-9-8-12(19-15-6-3-7-16(15)26-30-19)11-17(18)25-20(27)13-4-2-5-14(10-13)29-21(22,23)24/h2,4-5,8-11H,3,6-7H2,1H3,(H,25,27). The van der Waals surface area contributed by atoms with Crippen LogP contribution in [-0.2, 0) is 12.8 Å². The maximum Gasteiger partial charge on any atom is 0.573 e. The molecule has 0 bridgehead atoms. The predicted molar refractivity (Wildman–Crippen MR) is 102 cm³/mol. The van der Waals surface area contributed by atoms with Gasteiger partial charge in [-0.25, -0.2) is 0 Å². The number of anilines is 1. The van der Waals surface area contributed by atoms with Gasteiger partial charge in [-0.05, 0) is 55.7 Å². The maximum absolute atomic E-state index is 12.6. The van der Waals surface area contributed by atoms with Crippen molar-refractivity contribution in [1.82, 2.24) is 5.16 Å². The van der Waals surface area contributed by atoms with E-state index in [-0.39, 0.29) is 5.56 Å². The lowest BCUT2D eigenvalue weighted by Gasteiger charge is -2.13. The largest absolute Gasteiger partial charge is 0.573 e. The molecule has 2 aromatic carbocycles. The fraction of sp³-hybridized carbons (Fsp3) is 0.238. The van der Waals surface area contributed by atoms with Gasteiger partial charge in [0.05, 0.1) is 18.5 Å². The number of alkyl halides is 3. The van der Waals surface area contributed by atoms with Crippen molar-refractivity contribution in [2.24, 2.45) is 0 Å². The van der Waals surface area contributed by atoms with Crippen molar-refractivity contribution >= 4 is 11.6 Å². The fourth-order valence-electron chi connectivity index (χ4n) is 3.43. The summed E-state index contributed by atoms with van der Waals surface area (Å²) in [5.74, 6) is -0.0545. The number of fused-ring (bicyclic) bond motifs is 1. The van der Waals surface area contributed by atoms with Crippen LogP contribution in [0.3, 0.4) is 0 Å². The van der Waals surface area contributed by atoms with E-state index in [1.807, 2.05) is 0 Å². The second kappa shape index (κ2) is 7.74. The van der Waals surface area contributed by atoms with Crippen molar-refractivity contribution < 1.29 is 32.0 Å². The zero-order valence-corrected chi connectivity index (χ0v) is 15.9. The molecule has 0 fully saturated rings. The lowest BCUT2D eigenvalue weighted by Crippen LogP contribution is -2.18. The van der Waals surface area contributed by atoms with Gasteiger partial charge in [0.15, 0.2) is 5.76 Å². The first-order valence-electron chi connectivity index (χ1n) is 9.17. The third-order valence-electron chi connectivity index (χ3n) is 4.75. The number of carbonyl (C=O) groups excluding carboxylic acids is 1. The summed E-state index contributed by atoms with van der Waals surface area (Å²) in [4.78, 5) is 12.6. The van der Waals surface area contributed by atoms with Crippen LogP contribution in [0.1, 0.15) is 28.0 Å². The summed E-state index contributed by atoms with van der Waals surface area (Å²) >= 11 is 0. The number of benzene rings is 2. The molecule has 1 heterocycles. The van der Waals surface area contributed by atoms with Gasteiger partial charge in [-0.1, -0.05) is 11.2 Å². The maximum atomic E-state index is 12.6. The van der Waals surface area contributed by atoms with E-state index in [4.69, 9.17) is 9.26 Å². The number of nitrogens with zero attached hydrogens (tertiary/aromatic N) is 1. The minimum Gasteiger partial charge on any atom is -0.495 e. The Balaban J connectivity index is 1.61. The third kappa shape index (κ3) is 4.10. The van der Waals surface area contributed by atoms with Crippen molar-refractivity contribution in [2.45, 2.75) is 25.6 Å². The molecule has 30 heavy (non-hydrogen) atoms. The van der Waals surface area contributed by atoms with Crippen LogP contribution in [0, 0.1) is 0 Å². The van der Waals surface area contributed by atoms with Crippen molar-refractivity contribution in [2.75, 3.05) is 12.4 Å². The van der Waals surface area contributed by atoms with Crippen LogP contribution < -0.4 is 14.8 Å². The molecule has 0 atom stereocenters. The number of carbonyl (C=O) groups is 1. The average molecular weight is 418 g/mol. The lowest BCUT2D eigenvalue weighted by molar-refractivity contribution is -0.274. The lowest BCUT2D eigenvalue weighted by atomic mass is 10.1. The molecule has 0 aliphatic heterocycles. The van der Waals surface area contributed by atoms with Crippen LogP contribution in [0.2, 0.25) is 0 Å². The summed E-state index contributed by atoms with van der Waals surface area (Å²) in [6.07, 6.45) is -2.09. The molecule has 0 saturated heterocycles. The van der Waals surface area contributed by atoms with Crippen molar-refractivity contribution in [3.05, 3.63) is 59.3 Å². The zero-order valence-electron chi connectivity index (χ0n) is 15.9. The van der Waals surface area contributed by atoms with E-state index in [9.17, 15) is 18.0 Å². The highest BCUT2D eigenvalue weighted by molar-refractivity contribution is 6.05. The molecule has 0 radical (unpaired) electrons. The Kier molecular flexibility index (Phi) is 5.11. The zero-order chi connectivity index (χ0) is 21.3. The van der Waals surface area contributed by atoms with Gasteiger partial charge in [-0.3, -0.25) is 4.79 Å². The number of halogens is 3. The van der Waals surface area contributed by atoms with E-state index in [1.54, 1.807) is 18.2 Å². The first kappa shape index (κ1) is 19.8. The SMILES string of the molecule is COc1ccc(-c2onc3c2CCC3)cc1NC(=O)c1cccc(OC(F)(F)F)c1. The Morgan fingerprint density at radius 2 is 2.00 bits per heavy atom. The number of rotatable bonds is 5. The van der Waals surface area contributed by atoms with Gasteiger partial charge in [0, 0.05) is 16.7 Å². The van der Waals surface area contributed by atoms with Crippen LogP contribution in [-0.4, -0.2) is 24.5 Å². The molecule has 0 spiro atoms. The molecule has 4 rings (SSSR count). The van der Waals surface area contributed by atoms with E-state index >= 15 is 0 Å². The number of aromatic nitrogens is 1. The number of hydrogen-bond acceptors (Lipinski definition) is 5. The van der Waals surface area contributed by atoms with Gasteiger partial charge < -0.3 is 19.3 Å². The number of nitrogens with one attached hydrogen (secondary N) is 1. The van der Waals surface area contributed by atoms with E-state index in [1.165, 1.54) is 19.2 Å². The molecule has 1 amide bonds. The Labute approximate surface area is 169 Å². The molecule has 1 N–H and O–H groups in total. The number of methoxy groups -OCH3 is 1. The first-order chi connectivity index (χ1) is 14.3. The van der Waals surface area contributed by atoms with Crippen LogP contribution in [0.15, 0.2) is 47.0 Å². The highest BCUT2D eigenvalue weighted by atomic mass is 19.4. The Hall–Kier alpha value is -3.49. The van der Waals surface area contributed by atoms with Crippen molar-refractivity contribution in [1.29, 1.82) is 0 Å². The highest BCUT2D eigenvalue weighted by Crippen LogP contribution is 2.36. The van der Waals surface area contributed by atoms with E-state index in [0.717, 1.165) is 48.2 Å². The molecule has 3 aromatic rings. The van der Waals surface area contributed by atoms with E-state index in [2.05, 4.69) is 15.2 Å². The van der Waals surface area contributed by atoms with Gasteiger partial charge in [-0.15, -0.1) is 13.2 Å². The Morgan fingerprint density at radius 1 is 1.17 bits per heavy atom. The van der Waals surface area contributed by atoms with Gasteiger partial charge in [-0.2, -0.15) is 0 Å². The predicted octanol–water partition coefficient (Wildman–Crippen LogP) is 4.99. The minimum atomic E-state index is -4.84. The van der Waals surface area contributed by atoms with Crippen molar-refractivity contribution in [3.63, 3.8) is 0 Å². The monoisotopic (exact) mass is 418 g/mol. The van der Waals surface area contributed by atoms with Crippen LogP contribution in [0.5, 0.6) is 11.5 Å². The molecule has 1 aromatic heterocycles. The Bertz CT molecular complexity index is 1090. The molecule has 1 aliphatic rings. The van der Waals surface area contributed by atoms with Crippen LogP contribution in [0.25, 0.3) is 11.3 Å². The number of aryl methyl sites for hydroxylation is 1. The summed E-state index contributed by atoms with van der Waals surface area (Å²) < 4.78 is 52.0. The molecule has 9 heteroatoms. The molecule has 0 unspecified atom stereocenters. The van der Waals surface area contributed by atoms with Gasteiger partial charge >= 0.3 is 6.36 Å². The van der Waals surface area contributed by atoms with Gasteiger partial charge in [0.1, 0.15) is 11.5 Å². The Morgan fingerprint density at radius 3 is 2.77 bits per heavy atom. The molecular weight excluding hydrogens is 401 g/mol. The molecule has 156 valence electrons. The average Bonchev–Trinajstić information content (AvgIpc) is 3.30. The topological polar surface area (TPSA) is 73.6 Å². The molecular formula is C21H17F3N2O4. The molecule has 6 nitrogen and oxygen atoms in total. The van der Waals surface area contributed by atoms with Crippen LogP contribution >= 0.6 is 0 Å². The molecule has 0 saturated carbocycles. The van der Waals surface area contributed by atoms with Gasteiger partial charge in [0.2, 0.25) is 0 Å². The second-order valence-corrected chi connectivity index (χ2v) is 6.74. The molecule has 1 aliphatic carbocycles. The summed E-state index contributed by atoms with van der Waals surface area (Å²) in [5.41, 5.74) is 3.06. The smallest absolute Gasteiger partial charge is 0.495 e. The second-order valence-electron chi connectivity index (χ2n) is 6.74. The fourth-order valence-corrected chi connectivity index (χ4v) is 3.43. The minimum absolute atomic E-state index is 0.00441. The number of hydrogen-bond donors (Lipinski definition) is 1. The third-order valence-corrected chi connectivity index (χ3v) is 4.75. The summed E-state index contributed by atoms with van der Waals surface area (Å²) in [6, 6.07) is 9.99. The number of amides is 1. The number of ether oxygens (including phenoxy) is 2. The van der Waals surface area contributed by atoms with E-state index < -0.39 is 18.0 Å². The highest BCUT2D eigenvalue weighted by Gasteiger charge is 2.31. The van der Waals surface area contributed by atoms with E-state index in [0.29, 0.717) is 17.2 Å². The first-order valence-corrected chi connectivity index (χ1v) is 9.17. The summed E-state index contributed by atoms with van der Waals surface area (Å²) in [6.45, 7) is 0. The summed E-state index contributed by atoms with van der Waals surface area (Å²) in [7, 11) is 1.45. The van der Waals surface area contributed by atoms with Gasteiger partial charge in [0.25, 0.3) is 5.91 Å². The van der Waals surface area contributed by atoms with Crippen LogP contribution in [0.4, 0.5) is 18.9 Å². The quantitative estimate of drug-likeness (QED) is 0.632.